The van der Waals surface area contributed by atoms with Crippen LogP contribution in [0, 0.1) is 0 Å². The van der Waals surface area contributed by atoms with Gasteiger partial charge in [0.2, 0.25) is 0 Å². The van der Waals surface area contributed by atoms with E-state index in [-0.39, 0.29) is 6.04 Å². The van der Waals surface area contributed by atoms with E-state index in [0.717, 1.165) is 16.3 Å². The molecule has 0 aliphatic heterocycles. The van der Waals surface area contributed by atoms with Crippen molar-refractivity contribution >= 4 is 27.5 Å². The minimum absolute atomic E-state index is 0.148. The molecule has 2 N–H and O–H groups in total. The Kier molecular flexibility index (Phi) is 3.69. The smallest absolute Gasteiger partial charge is 0.169 e. The SMILES string of the molecule is NC(Cc1cccc(Cl)c1)c1ccc(Br)o1. The molecule has 16 heavy (non-hydrogen) atoms. The van der Waals surface area contributed by atoms with Crippen LogP contribution in [0.2, 0.25) is 5.02 Å². The van der Waals surface area contributed by atoms with E-state index in [0.29, 0.717) is 11.1 Å². The van der Waals surface area contributed by atoms with Gasteiger partial charge in [-0.1, -0.05) is 23.7 Å². The first-order valence-corrected chi connectivity index (χ1v) is 6.07. The number of nitrogens with two attached hydrogens (primary N) is 1. The van der Waals surface area contributed by atoms with Crippen molar-refractivity contribution in [3.63, 3.8) is 0 Å². The molecule has 0 aliphatic rings. The Balaban J connectivity index is 2.10. The van der Waals surface area contributed by atoms with Crippen LogP contribution in [-0.4, -0.2) is 0 Å². The van der Waals surface area contributed by atoms with Crippen LogP contribution in [0.3, 0.4) is 0 Å². The van der Waals surface area contributed by atoms with Crippen molar-refractivity contribution in [3.8, 4) is 0 Å². The Morgan fingerprint density at radius 2 is 2.12 bits per heavy atom. The van der Waals surface area contributed by atoms with Crippen LogP contribution >= 0.6 is 27.5 Å². The lowest BCUT2D eigenvalue weighted by atomic mass is 10.1. The summed E-state index contributed by atoms with van der Waals surface area (Å²) in [7, 11) is 0. The normalized spacial score (nSPS) is 12.7. The molecule has 4 heteroatoms. The van der Waals surface area contributed by atoms with Gasteiger partial charge in [-0.05, 0) is 52.2 Å². The molecule has 1 aromatic heterocycles. The van der Waals surface area contributed by atoms with E-state index in [1.807, 2.05) is 36.4 Å². The van der Waals surface area contributed by atoms with Crippen LogP contribution in [0.15, 0.2) is 45.5 Å². The summed E-state index contributed by atoms with van der Waals surface area (Å²) >= 11 is 9.16. The van der Waals surface area contributed by atoms with Crippen LogP contribution in [0.1, 0.15) is 17.4 Å². The molecule has 84 valence electrons. The average molecular weight is 301 g/mol. The zero-order chi connectivity index (χ0) is 11.5. The Morgan fingerprint density at radius 3 is 2.75 bits per heavy atom. The van der Waals surface area contributed by atoms with Crippen LogP contribution in [-0.2, 0) is 6.42 Å². The van der Waals surface area contributed by atoms with Crippen LogP contribution in [0.5, 0.6) is 0 Å². The molecule has 0 aliphatic carbocycles. The summed E-state index contributed by atoms with van der Waals surface area (Å²) in [5.74, 6) is 0.770. The number of hydrogen-bond acceptors (Lipinski definition) is 2. The van der Waals surface area contributed by atoms with E-state index in [9.17, 15) is 0 Å². The molecule has 0 fully saturated rings. The van der Waals surface area contributed by atoms with Gasteiger partial charge in [0.1, 0.15) is 5.76 Å². The maximum atomic E-state index is 6.03. The predicted octanol–water partition coefficient (Wildman–Crippen LogP) is 3.94. The molecule has 1 aromatic carbocycles. The second kappa shape index (κ2) is 5.04. The fraction of sp³-hybridized carbons (Fsp3) is 0.167. The Hall–Kier alpha value is -0.770. The lowest BCUT2D eigenvalue weighted by Crippen LogP contribution is -2.12. The van der Waals surface area contributed by atoms with Crippen molar-refractivity contribution < 1.29 is 4.42 Å². The quantitative estimate of drug-likeness (QED) is 0.932. The van der Waals surface area contributed by atoms with Crippen LogP contribution in [0.4, 0.5) is 0 Å². The molecule has 2 rings (SSSR count). The maximum Gasteiger partial charge on any atom is 0.169 e. The zero-order valence-corrected chi connectivity index (χ0v) is 10.8. The standard InChI is InChI=1S/C12H11BrClNO/c13-12-5-4-11(16-12)10(15)7-8-2-1-3-9(14)6-8/h1-6,10H,7,15H2. The van der Waals surface area contributed by atoms with E-state index in [1.54, 1.807) is 0 Å². The summed E-state index contributed by atoms with van der Waals surface area (Å²) in [5.41, 5.74) is 7.14. The summed E-state index contributed by atoms with van der Waals surface area (Å²) in [4.78, 5) is 0. The molecule has 0 saturated heterocycles. The maximum absolute atomic E-state index is 6.03. The van der Waals surface area contributed by atoms with E-state index in [1.165, 1.54) is 0 Å². The highest BCUT2D eigenvalue weighted by Crippen LogP contribution is 2.22. The Bertz CT molecular complexity index is 483. The number of furan rings is 1. The molecular weight excluding hydrogens is 289 g/mol. The van der Waals surface area contributed by atoms with Crippen molar-refractivity contribution in [3.05, 3.63) is 57.4 Å². The molecule has 2 aromatic rings. The van der Waals surface area contributed by atoms with Gasteiger partial charge in [0.05, 0.1) is 6.04 Å². The molecule has 0 amide bonds. The van der Waals surface area contributed by atoms with Crippen molar-refractivity contribution in [2.24, 2.45) is 5.73 Å². The third-order valence-corrected chi connectivity index (χ3v) is 2.97. The number of benzene rings is 1. The van der Waals surface area contributed by atoms with E-state index in [4.69, 9.17) is 21.8 Å². The van der Waals surface area contributed by atoms with Gasteiger partial charge in [-0.25, -0.2) is 0 Å². The molecule has 0 radical (unpaired) electrons. The summed E-state index contributed by atoms with van der Waals surface area (Å²) in [6.07, 6.45) is 0.709. The van der Waals surface area contributed by atoms with Gasteiger partial charge in [-0.3, -0.25) is 0 Å². The third-order valence-electron chi connectivity index (χ3n) is 2.30. The lowest BCUT2D eigenvalue weighted by molar-refractivity contribution is 0.448. The highest BCUT2D eigenvalue weighted by atomic mass is 79.9. The van der Waals surface area contributed by atoms with Crippen molar-refractivity contribution in [2.75, 3.05) is 0 Å². The van der Waals surface area contributed by atoms with E-state index < -0.39 is 0 Å². The van der Waals surface area contributed by atoms with Crippen molar-refractivity contribution in [2.45, 2.75) is 12.5 Å². The predicted molar refractivity (Wildman–Crippen MR) is 68.5 cm³/mol. The summed E-state index contributed by atoms with van der Waals surface area (Å²) in [6, 6.07) is 11.3. The number of rotatable bonds is 3. The third kappa shape index (κ3) is 2.88. The van der Waals surface area contributed by atoms with Crippen molar-refractivity contribution in [1.29, 1.82) is 0 Å². The van der Waals surface area contributed by atoms with Gasteiger partial charge in [-0.2, -0.15) is 0 Å². The minimum atomic E-state index is -0.148. The van der Waals surface area contributed by atoms with Gasteiger partial charge in [0, 0.05) is 5.02 Å². The molecule has 0 bridgehead atoms. The molecular formula is C12H11BrClNO. The summed E-state index contributed by atoms with van der Waals surface area (Å²) < 4.78 is 6.10. The topological polar surface area (TPSA) is 39.2 Å². The van der Waals surface area contributed by atoms with Gasteiger partial charge >= 0.3 is 0 Å². The van der Waals surface area contributed by atoms with Crippen LogP contribution < -0.4 is 5.73 Å². The van der Waals surface area contributed by atoms with Gasteiger partial charge < -0.3 is 10.2 Å². The molecule has 0 spiro atoms. The van der Waals surface area contributed by atoms with Gasteiger partial charge in [0.25, 0.3) is 0 Å². The molecule has 2 nitrogen and oxygen atoms in total. The Labute approximate surface area is 108 Å². The molecule has 1 heterocycles. The largest absolute Gasteiger partial charge is 0.453 e. The van der Waals surface area contributed by atoms with E-state index in [2.05, 4.69) is 15.9 Å². The minimum Gasteiger partial charge on any atom is -0.453 e. The first kappa shape index (κ1) is 11.7. The lowest BCUT2D eigenvalue weighted by Gasteiger charge is -2.08. The van der Waals surface area contributed by atoms with Gasteiger partial charge in [0.15, 0.2) is 4.67 Å². The summed E-state index contributed by atoms with van der Waals surface area (Å²) in [6.45, 7) is 0. The Morgan fingerprint density at radius 1 is 1.31 bits per heavy atom. The molecule has 1 unspecified atom stereocenters. The van der Waals surface area contributed by atoms with Gasteiger partial charge in [-0.15, -0.1) is 0 Å². The zero-order valence-electron chi connectivity index (χ0n) is 8.49. The van der Waals surface area contributed by atoms with Crippen molar-refractivity contribution in [1.82, 2.24) is 0 Å². The first-order valence-electron chi connectivity index (χ1n) is 4.90. The summed E-state index contributed by atoms with van der Waals surface area (Å²) in [5, 5.41) is 0.727. The molecule has 0 saturated carbocycles. The highest BCUT2D eigenvalue weighted by Gasteiger charge is 2.11. The monoisotopic (exact) mass is 299 g/mol. The number of halogens is 2. The average Bonchev–Trinajstić information content (AvgIpc) is 2.65. The second-order valence-corrected chi connectivity index (χ2v) is 4.80. The highest BCUT2D eigenvalue weighted by molar-refractivity contribution is 9.10. The molecule has 1 atom stereocenters. The van der Waals surface area contributed by atoms with Crippen LogP contribution in [0.25, 0.3) is 0 Å². The fourth-order valence-electron chi connectivity index (χ4n) is 1.55. The number of hydrogen-bond donors (Lipinski definition) is 1. The first-order chi connectivity index (χ1) is 7.65. The second-order valence-electron chi connectivity index (χ2n) is 3.58. The van der Waals surface area contributed by atoms with E-state index >= 15 is 0 Å². The fourth-order valence-corrected chi connectivity index (χ4v) is 2.08.